The van der Waals surface area contributed by atoms with E-state index in [1.807, 2.05) is 7.05 Å². The molecule has 0 unspecified atom stereocenters. The van der Waals surface area contributed by atoms with E-state index in [1.54, 1.807) is 11.3 Å². The zero-order chi connectivity index (χ0) is 14.8. The summed E-state index contributed by atoms with van der Waals surface area (Å²) < 4.78 is 5.85. The number of rotatable bonds is 8. The molecule has 126 valence electrons. The van der Waals surface area contributed by atoms with E-state index in [9.17, 15) is 0 Å². The number of nitrogens with one attached hydrogen (secondary N) is 2. The van der Waals surface area contributed by atoms with Crippen molar-refractivity contribution in [2.75, 3.05) is 26.7 Å². The predicted molar refractivity (Wildman–Crippen MR) is 106 cm³/mol. The third-order valence-electron chi connectivity index (χ3n) is 3.74. The van der Waals surface area contributed by atoms with Crippen LogP contribution >= 0.6 is 35.3 Å². The first-order chi connectivity index (χ1) is 10.4. The van der Waals surface area contributed by atoms with Crippen molar-refractivity contribution >= 4 is 41.3 Å². The van der Waals surface area contributed by atoms with Crippen LogP contribution in [-0.2, 0) is 11.2 Å². The molecule has 2 N–H and O–H groups in total. The number of hydrogen-bond acceptors (Lipinski definition) is 3. The van der Waals surface area contributed by atoms with Crippen LogP contribution in [0.5, 0.6) is 0 Å². The lowest BCUT2D eigenvalue weighted by molar-refractivity contribution is 0.0574. The fourth-order valence-corrected chi connectivity index (χ4v) is 3.27. The average molecular weight is 437 g/mol. The van der Waals surface area contributed by atoms with E-state index >= 15 is 0 Å². The van der Waals surface area contributed by atoms with E-state index in [0.29, 0.717) is 6.10 Å². The number of ether oxygens (including phenoxy) is 1. The van der Waals surface area contributed by atoms with Gasteiger partial charge in [-0.3, -0.25) is 4.99 Å². The van der Waals surface area contributed by atoms with Gasteiger partial charge in [0.1, 0.15) is 0 Å². The number of nitrogens with zero attached hydrogens (tertiary/aromatic N) is 1. The summed E-state index contributed by atoms with van der Waals surface area (Å²) in [5.41, 5.74) is 0. The lowest BCUT2D eigenvalue weighted by Crippen LogP contribution is -2.39. The highest BCUT2D eigenvalue weighted by molar-refractivity contribution is 14.0. The van der Waals surface area contributed by atoms with Crippen molar-refractivity contribution in [2.24, 2.45) is 4.99 Å². The molecule has 1 aliphatic rings. The summed E-state index contributed by atoms with van der Waals surface area (Å²) in [6.45, 7) is 2.67. The standard InChI is InChI=1S/C16H27N3OS.HI/c1-17-16(19-11-9-15-8-4-13-21-15)18-10-5-12-20-14-6-2-3-7-14;/h4,8,13-14H,2-3,5-7,9-12H2,1H3,(H2,17,18,19);1H. The average Bonchev–Trinajstić information content (AvgIpc) is 3.18. The fourth-order valence-electron chi connectivity index (χ4n) is 2.56. The molecule has 0 aromatic carbocycles. The maximum Gasteiger partial charge on any atom is 0.190 e. The highest BCUT2D eigenvalue weighted by Crippen LogP contribution is 2.20. The topological polar surface area (TPSA) is 45.7 Å². The van der Waals surface area contributed by atoms with Gasteiger partial charge in [0.15, 0.2) is 5.96 Å². The zero-order valence-electron chi connectivity index (χ0n) is 13.3. The van der Waals surface area contributed by atoms with E-state index in [2.05, 4.69) is 33.1 Å². The van der Waals surface area contributed by atoms with Gasteiger partial charge in [0.05, 0.1) is 6.10 Å². The van der Waals surface area contributed by atoms with Gasteiger partial charge in [-0.1, -0.05) is 18.9 Å². The van der Waals surface area contributed by atoms with Crippen molar-refractivity contribution in [1.29, 1.82) is 0 Å². The molecule has 1 aromatic rings. The van der Waals surface area contributed by atoms with Crippen molar-refractivity contribution in [3.05, 3.63) is 22.4 Å². The van der Waals surface area contributed by atoms with Crippen LogP contribution in [0, 0.1) is 0 Å². The lowest BCUT2D eigenvalue weighted by Gasteiger charge is -2.13. The number of hydrogen-bond donors (Lipinski definition) is 2. The first-order valence-electron chi connectivity index (χ1n) is 7.97. The first-order valence-corrected chi connectivity index (χ1v) is 8.85. The van der Waals surface area contributed by atoms with Gasteiger partial charge in [-0.05, 0) is 37.1 Å². The minimum atomic E-state index is 0. The Balaban J connectivity index is 0.00000242. The second kappa shape index (κ2) is 12.1. The SMILES string of the molecule is CN=C(NCCCOC1CCCC1)NCCc1cccs1.I. The highest BCUT2D eigenvalue weighted by Gasteiger charge is 2.14. The molecule has 0 atom stereocenters. The Morgan fingerprint density at radius 2 is 2.09 bits per heavy atom. The fraction of sp³-hybridized carbons (Fsp3) is 0.688. The molecule has 2 rings (SSSR count). The van der Waals surface area contributed by atoms with Gasteiger partial charge >= 0.3 is 0 Å². The summed E-state index contributed by atoms with van der Waals surface area (Å²) in [5.74, 6) is 0.882. The molecular weight excluding hydrogens is 409 g/mol. The Kier molecular flexibility index (Phi) is 10.9. The van der Waals surface area contributed by atoms with Gasteiger partial charge in [0.25, 0.3) is 0 Å². The molecule has 1 saturated carbocycles. The first kappa shape index (κ1) is 19.7. The second-order valence-electron chi connectivity index (χ2n) is 5.39. The van der Waals surface area contributed by atoms with E-state index in [0.717, 1.165) is 38.5 Å². The summed E-state index contributed by atoms with van der Waals surface area (Å²) in [5, 5.41) is 8.80. The Morgan fingerprint density at radius 1 is 1.32 bits per heavy atom. The number of halogens is 1. The van der Waals surface area contributed by atoms with Crippen LogP contribution in [0.1, 0.15) is 37.0 Å². The van der Waals surface area contributed by atoms with Crippen LogP contribution in [0.3, 0.4) is 0 Å². The van der Waals surface area contributed by atoms with Crippen molar-refractivity contribution in [3.8, 4) is 0 Å². The maximum atomic E-state index is 5.85. The number of aliphatic imine (C=N–C) groups is 1. The molecule has 0 amide bonds. The van der Waals surface area contributed by atoms with Crippen LogP contribution in [0.2, 0.25) is 0 Å². The van der Waals surface area contributed by atoms with Crippen molar-refractivity contribution < 1.29 is 4.74 Å². The van der Waals surface area contributed by atoms with Gasteiger partial charge < -0.3 is 15.4 Å². The minimum Gasteiger partial charge on any atom is -0.378 e. The predicted octanol–water partition coefficient (Wildman–Crippen LogP) is 3.42. The Labute approximate surface area is 155 Å². The van der Waals surface area contributed by atoms with Crippen LogP contribution in [0.25, 0.3) is 0 Å². The number of thiophene rings is 1. The van der Waals surface area contributed by atoms with Crippen molar-refractivity contribution in [2.45, 2.75) is 44.6 Å². The second-order valence-corrected chi connectivity index (χ2v) is 6.42. The Hall–Kier alpha value is -0.340. The van der Waals surface area contributed by atoms with Crippen LogP contribution in [0.4, 0.5) is 0 Å². The number of guanidine groups is 1. The van der Waals surface area contributed by atoms with Crippen LogP contribution in [0.15, 0.2) is 22.5 Å². The smallest absolute Gasteiger partial charge is 0.190 e. The summed E-state index contributed by atoms with van der Waals surface area (Å²) in [6, 6.07) is 4.26. The van der Waals surface area contributed by atoms with Crippen molar-refractivity contribution in [3.63, 3.8) is 0 Å². The highest BCUT2D eigenvalue weighted by atomic mass is 127. The van der Waals surface area contributed by atoms with E-state index in [4.69, 9.17) is 4.74 Å². The van der Waals surface area contributed by atoms with Gasteiger partial charge in [-0.2, -0.15) is 0 Å². The summed E-state index contributed by atoms with van der Waals surface area (Å²) >= 11 is 1.80. The molecule has 0 bridgehead atoms. The molecule has 0 saturated heterocycles. The maximum absolute atomic E-state index is 5.85. The molecule has 22 heavy (non-hydrogen) atoms. The van der Waals surface area contributed by atoms with Crippen molar-refractivity contribution in [1.82, 2.24) is 10.6 Å². The molecule has 1 aliphatic carbocycles. The Bertz CT molecular complexity index is 406. The van der Waals surface area contributed by atoms with Gasteiger partial charge in [0.2, 0.25) is 0 Å². The van der Waals surface area contributed by atoms with E-state index < -0.39 is 0 Å². The molecule has 1 fully saturated rings. The summed E-state index contributed by atoms with van der Waals surface area (Å²) in [4.78, 5) is 5.64. The van der Waals surface area contributed by atoms with Crippen LogP contribution in [-0.4, -0.2) is 38.8 Å². The lowest BCUT2D eigenvalue weighted by atomic mass is 10.3. The molecule has 1 heterocycles. The molecule has 0 aliphatic heterocycles. The largest absolute Gasteiger partial charge is 0.378 e. The molecule has 0 radical (unpaired) electrons. The molecule has 0 spiro atoms. The van der Waals surface area contributed by atoms with Gasteiger partial charge in [0, 0.05) is 31.6 Å². The quantitative estimate of drug-likeness (QED) is 0.284. The molecule has 4 nitrogen and oxygen atoms in total. The summed E-state index contributed by atoms with van der Waals surface area (Å²) in [6.07, 6.45) is 7.77. The normalized spacial score (nSPS) is 15.6. The van der Waals surface area contributed by atoms with E-state index in [1.165, 1.54) is 30.6 Å². The third-order valence-corrected chi connectivity index (χ3v) is 4.67. The summed E-state index contributed by atoms with van der Waals surface area (Å²) in [7, 11) is 1.81. The molecule has 6 heteroatoms. The Morgan fingerprint density at radius 3 is 2.77 bits per heavy atom. The van der Waals surface area contributed by atoms with E-state index in [-0.39, 0.29) is 24.0 Å². The monoisotopic (exact) mass is 437 g/mol. The minimum absolute atomic E-state index is 0. The van der Waals surface area contributed by atoms with Gasteiger partial charge in [-0.15, -0.1) is 35.3 Å². The molecule has 1 aromatic heterocycles. The van der Waals surface area contributed by atoms with Gasteiger partial charge in [-0.25, -0.2) is 0 Å². The van der Waals surface area contributed by atoms with Crippen LogP contribution < -0.4 is 10.6 Å². The molecular formula is C16H28IN3OS. The third kappa shape index (κ3) is 7.78. The zero-order valence-corrected chi connectivity index (χ0v) is 16.5.